The Hall–Kier alpha value is -3.16. The fourth-order valence-corrected chi connectivity index (χ4v) is 4.20. The number of aromatic nitrogens is 2. The SMILES string of the molecule is CC(C)CCNC(=O)CCN(CC(C)C)C(=O)c1cc2n(n1)CCCN(Cc1ccccc1)C2=O. The van der Waals surface area contributed by atoms with E-state index in [2.05, 4.69) is 24.3 Å². The summed E-state index contributed by atoms with van der Waals surface area (Å²) in [6, 6.07) is 11.5. The number of carbonyl (C=O) groups is 3. The predicted molar refractivity (Wildman–Crippen MR) is 136 cm³/mol. The minimum Gasteiger partial charge on any atom is -0.356 e. The molecule has 1 aromatic heterocycles. The Morgan fingerprint density at radius 3 is 2.51 bits per heavy atom. The maximum absolute atomic E-state index is 13.4. The second kappa shape index (κ2) is 12.5. The summed E-state index contributed by atoms with van der Waals surface area (Å²) in [6.45, 7) is 11.6. The van der Waals surface area contributed by atoms with Crippen LogP contribution >= 0.6 is 0 Å². The van der Waals surface area contributed by atoms with E-state index in [4.69, 9.17) is 0 Å². The van der Waals surface area contributed by atoms with Crippen LogP contribution in [-0.4, -0.2) is 63.5 Å². The Labute approximate surface area is 208 Å². The molecule has 1 aliphatic heterocycles. The molecule has 0 unspecified atom stereocenters. The molecule has 3 amide bonds. The lowest BCUT2D eigenvalue weighted by Crippen LogP contribution is -2.38. The van der Waals surface area contributed by atoms with Gasteiger partial charge < -0.3 is 15.1 Å². The van der Waals surface area contributed by atoms with Gasteiger partial charge in [-0.15, -0.1) is 0 Å². The highest BCUT2D eigenvalue weighted by atomic mass is 16.2. The van der Waals surface area contributed by atoms with Crippen molar-refractivity contribution in [3.05, 3.63) is 53.3 Å². The van der Waals surface area contributed by atoms with Crippen LogP contribution in [0.2, 0.25) is 0 Å². The van der Waals surface area contributed by atoms with Crippen molar-refractivity contribution in [2.24, 2.45) is 11.8 Å². The average Bonchev–Trinajstić information content (AvgIpc) is 3.18. The van der Waals surface area contributed by atoms with E-state index in [9.17, 15) is 14.4 Å². The summed E-state index contributed by atoms with van der Waals surface area (Å²) in [7, 11) is 0. The number of amides is 3. The highest BCUT2D eigenvalue weighted by Gasteiger charge is 2.28. The van der Waals surface area contributed by atoms with Gasteiger partial charge in [-0.3, -0.25) is 19.1 Å². The molecule has 35 heavy (non-hydrogen) atoms. The first-order valence-electron chi connectivity index (χ1n) is 12.7. The fourth-order valence-electron chi connectivity index (χ4n) is 4.20. The van der Waals surface area contributed by atoms with Crippen LogP contribution in [0.5, 0.6) is 0 Å². The van der Waals surface area contributed by atoms with Gasteiger partial charge in [-0.2, -0.15) is 5.10 Å². The van der Waals surface area contributed by atoms with E-state index in [1.807, 2.05) is 49.1 Å². The molecule has 0 spiro atoms. The topological polar surface area (TPSA) is 87.5 Å². The molecule has 8 heteroatoms. The third-order valence-corrected chi connectivity index (χ3v) is 6.05. The number of nitrogens with zero attached hydrogens (tertiary/aromatic N) is 4. The number of nitrogens with one attached hydrogen (secondary N) is 1. The van der Waals surface area contributed by atoms with Crippen molar-refractivity contribution in [2.45, 2.75) is 60.0 Å². The zero-order chi connectivity index (χ0) is 25.4. The Kier molecular flexibility index (Phi) is 9.46. The molecule has 0 saturated carbocycles. The van der Waals surface area contributed by atoms with Gasteiger partial charge in [-0.25, -0.2) is 0 Å². The first-order chi connectivity index (χ1) is 16.7. The fraction of sp³-hybridized carbons (Fsp3) is 0.556. The van der Waals surface area contributed by atoms with Gasteiger partial charge in [0.15, 0.2) is 5.69 Å². The summed E-state index contributed by atoms with van der Waals surface area (Å²) in [5, 5.41) is 7.44. The number of aryl methyl sites for hydroxylation is 1. The standard InChI is InChI=1S/C27H39N5O3/c1-20(2)11-13-28-25(33)12-16-31(18-21(3)4)26(34)23-17-24-27(35)30(14-8-15-32(24)29-23)19-22-9-6-5-7-10-22/h5-7,9-10,17,20-21H,8,11-16,18-19H2,1-4H3,(H,28,33). The average molecular weight is 482 g/mol. The number of fused-ring (bicyclic) bond motifs is 1. The van der Waals surface area contributed by atoms with Crippen LogP contribution in [0, 0.1) is 11.8 Å². The smallest absolute Gasteiger partial charge is 0.274 e. The second-order valence-corrected chi connectivity index (χ2v) is 10.1. The largest absolute Gasteiger partial charge is 0.356 e. The maximum Gasteiger partial charge on any atom is 0.274 e. The van der Waals surface area contributed by atoms with E-state index < -0.39 is 0 Å². The van der Waals surface area contributed by atoms with Crippen molar-refractivity contribution < 1.29 is 14.4 Å². The normalized spacial score (nSPS) is 13.7. The number of carbonyl (C=O) groups excluding carboxylic acids is 3. The van der Waals surface area contributed by atoms with Crippen molar-refractivity contribution in [3.8, 4) is 0 Å². The highest BCUT2D eigenvalue weighted by Crippen LogP contribution is 2.18. The van der Waals surface area contributed by atoms with Crippen LogP contribution in [0.1, 0.15) is 73.5 Å². The Morgan fingerprint density at radius 2 is 1.83 bits per heavy atom. The molecule has 8 nitrogen and oxygen atoms in total. The molecule has 0 radical (unpaired) electrons. The molecular formula is C27H39N5O3. The Morgan fingerprint density at radius 1 is 1.09 bits per heavy atom. The number of rotatable bonds is 11. The van der Waals surface area contributed by atoms with Gasteiger partial charge in [0, 0.05) is 51.8 Å². The molecule has 0 aliphatic carbocycles. The molecule has 190 valence electrons. The number of hydrogen-bond acceptors (Lipinski definition) is 4. The van der Waals surface area contributed by atoms with Crippen molar-refractivity contribution in [2.75, 3.05) is 26.2 Å². The summed E-state index contributed by atoms with van der Waals surface area (Å²) in [5.41, 5.74) is 1.77. The lowest BCUT2D eigenvalue weighted by molar-refractivity contribution is -0.121. The molecule has 1 aliphatic rings. The first kappa shape index (κ1) is 26.4. The molecular weight excluding hydrogens is 442 g/mol. The van der Waals surface area contributed by atoms with Crippen LogP contribution in [0.15, 0.2) is 36.4 Å². The van der Waals surface area contributed by atoms with Gasteiger partial charge in [-0.1, -0.05) is 58.0 Å². The van der Waals surface area contributed by atoms with Crippen LogP contribution in [0.4, 0.5) is 0 Å². The van der Waals surface area contributed by atoms with Gasteiger partial charge >= 0.3 is 0 Å². The number of benzene rings is 1. The second-order valence-electron chi connectivity index (χ2n) is 10.1. The van der Waals surface area contributed by atoms with Gasteiger partial charge in [0.2, 0.25) is 5.91 Å². The lowest BCUT2D eigenvalue weighted by Gasteiger charge is -2.23. The number of hydrogen-bond donors (Lipinski definition) is 1. The van der Waals surface area contributed by atoms with Gasteiger partial charge in [0.25, 0.3) is 11.8 Å². The third-order valence-electron chi connectivity index (χ3n) is 6.05. The summed E-state index contributed by atoms with van der Waals surface area (Å²) in [4.78, 5) is 42.4. The molecule has 1 aromatic carbocycles. The summed E-state index contributed by atoms with van der Waals surface area (Å²) in [6.07, 6.45) is 1.94. The zero-order valence-electron chi connectivity index (χ0n) is 21.5. The van der Waals surface area contributed by atoms with Crippen molar-refractivity contribution >= 4 is 17.7 Å². The van der Waals surface area contributed by atoms with Crippen LogP contribution in [0.25, 0.3) is 0 Å². The van der Waals surface area contributed by atoms with E-state index in [-0.39, 0.29) is 35.8 Å². The van der Waals surface area contributed by atoms with E-state index in [1.54, 1.807) is 15.6 Å². The van der Waals surface area contributed by atoms with Gasteiger partial charge in [0.1, 0.15) is 5.69 Å². The van der Waals surface area contributed by atoms with Crippen LogP contribution in [0.3, 0.4) is 0 Å². The quantitative estimate of drug-likeness (QED) is 0.531. The molecule has 3 rings (SSSR count). The molecule has 0 fully saturated rings. The van der Waals surface area contributed by atoms with Gasteiger partial charge in [0.05, 0.1) is 0 Å². The van der Waals surface area contributed by atoms with E-state index in [0.717, 1.165) is 18.4 Å². The minimum absolute atomic E-state index is 0.0560. The van der Waals surface area contributed by atoms with Crippen LogP contribution < -0.4 is 5.32 Å². The monoisotopic (exact) mass is 481 g/mol. The Balaban J connectivity index is 1.69. The summed E-state index contributed by atoms with van der Waals surface area (Å²) < 4.78 is 1.66. The van der Waals surface area contributed by atoms with Crippen LogP contribution in [-0.2, 0) is 17.9 Å². The van der Waals surface area contributed by atoms with E-state index in [1.165, 1.54) is 0 Å². The van der Waals surface area contributed by atoms with E-state index >= 15 is 0 Å². The lowest BCUT2D eigenvalue weighted by atomic mass is 10.1. The summed E-state index contributed by atoms with van der Waals surface area (Å²) >= 11 is 0. The van der Waals surface area contributed by atoms with Gasteiger partial charge in [-0.05, 0) is 30.2 Å². The summed E-state index contributed by atoms with van der Waals surface area (Å²) in [5.74, 6) is 0.359. The molecule has 2 heterocycles. The first-order valence-corrected chi connectivity index (χ1v) is 12.7. The van der Waals surface area contributed by atoms with E-state index in [0.29, 0.717) is 50.9 Å². The minimum atomic E-state index is -0.239. The highest BCUT2D eigenvalue weighted by molar-refractivity contribution is 5.98. The molecule has 0 atom stereocenters. The molecule has 2 aromatic rings. The van der Waals surface area contributed by atoms with Crippen molar-refractivity contribution in [1.29, 1.82) is 0 Å². The van der Waals surface area contributed by atoms with Crippen molar-refractivity contribution in [3.63, 3.8) is 0 Å². The molecule has 0 bridgehead atoms. The Bertz CT molecular complexity index is 1000. The zero-order valence-corrected chi connectivity index (χ0v) is 21.5. The van der Waals surface area contributed by atoms with Crippen molar-refractivity contribution in [1.82, 2.24) is 24.9 Å². The molecule has 0 saturated heterocycles. The maximum atomic E-state index is 13.4. The third kappa shape index (κ3) is 7.67. The molecule has 1 N–H and O–H groups in total. The predicted octanol–water partition coefficient (Wildman–Crippen LogP) is 3.58.